The number of hydrogen-bond acceptors (Lipinski definition) is 6. The van der Waals surface area contributed by atoms with Crippen molar-refractivity contribution in [1.29, 1.82) is 0 Å². The van der Waals surface area contributed by atoms with Gasteiger partial charge in [-0.3, -0.25) is 9.48 Å². The number of thiazole rings is 1. The van der Waals surface area contributed by atoms with Gasteiger partial charge in [-0.15, -0.1) is 0 Å². The first-order valence-corrected chi connectivity index (χ1v) is 9.13. The number of aromatic nitrogens is 3. The molecule has 0 aliphatic rings. The van der Waals surface area contributed by atoms with Crippen LogP contribution in [-0.2, 0) is 18.3 Å². The topological polar surface area (TPSA) is 79.9 Å². The maximum Gasteiger partial charge on any atom is 0.298 e. The molecule has 27 heavy (non-hydrogen) atoms. The Hall–Kier alpha value is -2.65. The van der Waals surface area contributed by atoms with Crippen LogP contribution >= 0.6 is 11.3 Å². The van der Waals surface area contributed by atoms with Gasteiger partial charge in [0.25, 0.3) is 5.91 Å². The first-order valence-electron chi connectivity index (χ1n) is 8.32. The Morgan fingerprint density at radius 2 is 1.93 bits per heavy atom. The lowest BCUT2D eigenvalue weighted by molar-refractivity contribution is 0.0988. The number of aryl methyl sites for hydroxylation is 2. The minimum Gasteiger partial charge on any atom is -0.493 e. The Kier molecular flexibility index (Phi) is 5.62. The van der Waals surface area contributed by atoms with Crippen LogP contribution in [0, 0.1) is 6.92 Å². The molecule has 3 rings (SSSR count). The molecule has 0 radical (unpaired) electrons. The first kappa shape index (κ1) is 19.1. The third-order valence-corrected chi connectivity index (χ3v) is 5.27. The van der Waals surface area contributed by atoms with Gasteiger partial charge in [-0.25, -0.2) is 0 Å². The summed E-state index contributed by atoms with van der Waals surface area (Å²) in [6.07, 6.45) is 1.66. The second kappa shape index (κ2) is 7.93. The maximum atomic E-state index is 12.8. The first-order chi connectivity index (χ1) is 13.0. The molecule has 0 saturated carbocycles. The minimum absolute atomic E-state index is 0.329. The standard InChI is InChI=1S/C18H22N4O4S/c1-11-10-19-21(2)16(11)17(23)20-18-22(6-7-24-3)12-8-13(25-4)14(26-5)9-15(12)27-18/h8-10H,6-7H2,1-5H3. The minimum atomic E-state index is -0.329. The van der Waals surface area contributed by atoms with Gasteiger partial charge in [-0.2, -0.15) is 10.1 Å². The number of amides is 1. The van der Waals surface area contributed by atoms with Gasteiger partial charge in [-0.05, 0) is 6.92 Å². The van der Waals surface area contributed by atoms with E-state index >= 15 is 0 Å². The molecule has 0 saturated heterocycles. The summed E-state index contributed by atoms with van der Waals surface area (Å²) >= 11 is 1.42. The van der Waals surface area contributed by atoms with E-state index in [0.717, 1.165) is 15.8 Å². The maximum absolute atomic E-state index is 12.8. The molecule has 0 spiro atoms. The molecule has 1 amide bonds. The molecule has 1 aromatic carbocycles. The number of hydrogen-bond donors (Lipinski definition) is 0. The Labute approximate surface area is 160 Å². The smallest absolute Gasteiger partial charge is 0.298 e. The molecule has 0 unspecified atom stereocenters. The molecule has 0 aliphatic carbocycles. The zero-order chi connectivity index (χ0) is 19.6. The monoisotopic (exact) mass is 390 g/mol. The Balaban J connectivity index is 2.20. The summed E-state index contributed by atoms with van der Waals surface area (Å²) in [6.45, 7) is 2.89. The van der Waals surface area contributed by atoms with Crippen molar-refractivity contribution >= 4 is 27.5 Å². The highest BCUT2D eigenvalue weighted by Gasteiger charge is 2.16. The van der Waals surface area contributed by atoms with Crippen LogP contribution in [0.25, 0.3) is 10.2 Å². The van der Waals surface area contributed by atoms with Crippen molar-refractivity contribution in [3.8, 4) is 11.5 Å². The van der Waals surface area contributed by atoms with Crippen molar-refractivity contribution in [1.82, 2.24) is 14.3 Å². The van der Waals surface area contributed by atoms with E-state index in [2.05, 4.69) is 10.1 Å². The van der Waals surface area contributed by atoms with Gasteiger partial charge in [0, 0.05) is 38.4 Å². The van der Waals surface area contributed by atoms with Gasteiger partial charge in [0.05, 0.1) is 37.2 Å². The van der Waals surface area contributed by atoms with Crippen LogP contribution in [0.2, 0.25) is 0 Å². The molecule has 3 aromatic rings. The summed E-state index contributed by atoms with van der Waals surface area (Å²) in [4.78, 5) is 17.7. The van der Waals surface area contributed by atoms with Gasteiger partial charge < -0.3 is 18.8 Å². The average Bonchev–Trinajstić information content (AvgIpc) is 3.17. The van der Waals surface area contributed by atoms with Crippen LogP contribution in [0.3, 0.4) is 0 Å². The van der Waals surface area contributed by atoms with Crippen molar-refractivity contribution in [3.63, 3.8) is 0 Å². The number of ether oxygens (including phenoxy) is 3. The van der Waals surface area contributed by atoms with Crippen molar-refractivity contribution in [2.24, 2.45) is 12.0 Å². The third kappa shape index (κ3) is 3.60. The summed E-state index contributed by atoms with van der Waals surface area (Å²) in [7, 11) is 6.56. The SMILES string of the molecule is COCCn1c(=NC(=O)c2c(C)cnn2C)sc2cc(OC)c(OC)cc21. The van der Waals surface area contributed by atoms with E-state index in [9.17, 15) is 4.79 Å². The summed E-state index contributed by atoms with van der Waals surface area (Å²) in [6, 6.07) is 3.78. The molecule has 2 aromatic heterocycles. The summed E-state index contributed by atoms with van der Waals surface area (Å²) in [5.74, 6) is 0.920. The molecule has 0 bridgehead atoms. The van der Waals surface area contributed by atoms with E-state index in [1.165, 1.54) is 11.3 Å². The molecule has 144 valence electrons. The van der Waals surface area contributed by atoms with Gasteiger partial charge >= 0.3 is 0 Å². The lowest BCUT2D eigenvalue weighted by atomic mass is 10.2. The molecule has 8 nitrogen and oxygen atoms in total. The van der Waals surface area contributed by atoms with Gasteiger partial charge in [0.15, 0.2) is 16.3 Å². The van der Waals surface area contributed by atoms with Crippen LogP contribution in [0.1, 0.15) is 16.1 Å². The van der Waals surface area contributed by atoms with Crippen molar-refractivity contribution in [2.45, 2.75) is 13.5 Å². The fourth-order valence-corrected chi connectivity index (χ4v) is 3.94. The molecular weight excluding hydrogens is 368 g/mol. The van der Waals surface area contributed by atoms with Crippen LogP contribution < -0.4 is 14.3 Å². The Morgan fingerprint density at radius 3 is 2.52 bits per heavy atom. The van der Waals surface area contributed by atoms with E-state index in [0.29, 0.717) is 35.1 Å². The zero-order valence-corrected chi connectivity index (χ0v) is 16.8. The molecule has 0 N–H and O–H groups in total. The van der Waals surface area contributed by atoms with E-state index in [4.69, 9.17) is 14.2 Å². The van der Waals surface area contributed by atoms with Crippen LogP contribution in [0.4, 0.5) is 0 Å². The Morgan fingerprint density at radius 1 is 1.22 bits per heavy atom. The second-order valence-electron chi connectivity index (χ2n) is 5.92. The van der Waals surface area contributed by atoms with E-state index in [1.54, 1.807) is 39.3 Å². The van der Waals surface area contributed by atoms with Gasteiger partial charge in [0.2, 0.25) is 0 Å². The number of nitrogens with zero attached hydrogens (tertiary/aromatic N) is 4. The lowest BCUT2D eigenvalue weighted by Gasteiger charge is -2.09. The summed E-state index contributed by atoms with van der Waals surface area (Å²) in [5.41, 5.74) is 2.17. The van der Waals surface area contributed by atoms with E-state index in [1.807, 2.05) is 23.6 Å². The van der Waals surface area contributed by atoms with Gasteiger partial charge in [-0.1, -0.05) is 11.3 Å². The predicted octanol–water partition coefficient (Wildman–Crippen LogP) is 2.15. The highest BCUT2D eigenvalue weighted by Crippen LogP contribution is 2.33. The van der Waals surface area contributed by atoms with Crippen molar-refractivity contribution in [2.75, 3.05) is 27.9 Å². The number of benzene rings is 1. The highest BCUT2D eigenvalue weighted by molar-refractivity contribution is 7.16. The van der Waals surface area contributed by atoms with Crippen LogP contribution in [0.5, 0.6) is 11.5 Å². The number of rotatable bonds is 6. The predicted molar refractivity (Wildman–Crippen MR) is 103 cm³/mol. The average molecular weight is 390 g/mol. The summed E-state index contributed by atoms with van der Waals surface area (Å²) in [5, 5.41) is 4.12. The number of methoxy groups -OCH3 is 3. The third-order valence-electron chi connectivity index (χ3n) is 4.23. The molecule has 2 heterocycles. The van der Waals surface area contributed by atoms with E-state index in [-0.39, 0.29) is 5.91 Å². The van der Waals surface area contributed by atoms with Gasteiger partial charge in [0.1, 0.15) is 5.69 Å². The van der Waals surface area contributed by atoms with Crippen molar-refractivity contribution in [3.05, 3.63) is 34.4 Å². The quantitative estimate of drug-likeness (QED) is 0.644. The Bertz CT molecular complexity index is 1030. The summed E-state index contributed by atoms with van der Waals surface area (Å²) < 4.78 is 20.5. The number of carbonyl (C=O) groups is 1. The lowest BCUT2D eigenvalue weighted by Crippen LogP contribution is -2.20. The molecular formula is C18H22N4O4S. The van der Waals surface area contributed by atoms with E-state index < -0.39 is 0 Å². The normalized spacial score (nSPS) is 12.0. The molecule has 0 fully saturated rings. The van der Waals surface area contributed by atoms with Crippen molar-refractivity contribution < 1.29 is 19.0 Å². The van der Waals surface area contributed by atoms with Crippen LogP contribution in [0.15, 0.2) is 23.3 Å². The van der Waals surface area contributed by atoms with Crippen LogP contribution in [-0.4, -0.2) is 48.2 Å². The zero-order valence-electron chi connectivity index (χ0n) is 16.0. The fraction of sp³-hybridized carbons (Fsp3) is 0.389. The molecule has 9 heteroatoms. The number of fused-ring (bicyclic) bond motifs is 1. The number of carbonyl (C=O) groups excluding carboxylic acids is 1. The largest absolute Gasteiger partial charge is 0.493 e. The highest BCUT2D eigenvalue weighted by atomic mass is 32.1. The fourth-order valence-electron chi connectivity index (χ4n) is 2.87. The molecule has 0 atom stereocenters. The molecule has 0 aliphatic heterocycles. The second-order valence-corrected chi connectivity index (χ2v) is 6.93.